The molecule has 0 saturated carbocycles. The smallest absolute Gasteiger partial charge is 0.320 e. The molecule has 0 bridgehead atoms. The minimum absolute atomic E-state index is 0.0932. The van der Waals surface area contributed by atoms with Crippen LogP contribution in [-0.2, 0) is 22.7 Å². The first kappa shape index (κ1) is 34.1. The van der Waals surface area contributed by atoms with E-state index in [9.17, 15) is 14.7 Å². The van der Waals surface area contributed by atoms with Crippen molar-refractivity contribution in [3.63, 3.8) is 0 Å². The second-order valence-corrected chi connectivity index (χ2v) is 14.2. The number of carbonyl (C=O) groups excluding carboxylic acids is 1. The SMILES string of the molecule is COc1nc(-c2cccc(-c3cccc(Nc4nccc5sc(CN6CCC[C@@H]6C(=O)O)nc45)c3Cl)c2Cl)ccc1CNC[C@@H]1CCC(=O)N1. The van der Waals surface area contributed by atoms with Gasteiger partial charge in [0.05, 0.1) is 39.8 Å². The molecule has 1 amide bonds. The van der Waals surface area contributed by atoms with Crippen molar-refractivity contribution < 1.29 is 19.4 Å². The first-order valence-electron chi connectivity index (χ1n) is 16.4. The Morgan fingerprint density at radius 3 is 2.64 bits per heavy atom. The number of carbonyl (C=O) groups is 2. The van der Waals surface area contributed by atoms with Crippen molar-refractivity contribution in [3.8, 4) is 28.3 Å². The molecular weight excluding hydrogens is 697 g/mol. The molecule has 2 aliphatic rings. The number of pyridine rings is 2. The molecule has 2 saturated heterocycles. The summed E-state index contributed by atoms with van der Waals surface area (Å²) in [6.45, 7) is 2.42. The molecule has 3 aromatic heterocycles. The Labute approximate surface area is 303 Å². The molecule has 2 atom stereocenters. The van der Waals surface area contributed by atoms with Gasteiger partial charge >= 0.3 is 5.97 Å². The molecule has 2 aromatic carbocycles. The Hall–Kier alpha value is -4.33. The monoisotopic (exact) mass is 731 g/mol. The second kappa shape index (κ2) is 14.9. The molecule has 14 heteroatoms. The first-order chi connectivity index (χ1) is 24.3. The zero-order valence-electron chi connectivity index (χ0n) is 27.2. The van der Waals surface area contributed by atoms with Crippen LogP contribution in [0.15, 0.2) is 60.8 Å². The van der Waals surface area contributed by atoms with E-state index in [-0.39, 0.29) is 11.9 Å². The number of aromatic nitrogens is 3. The Bertz CT molecular complexity index is 2080. The van der Waals surface area contributed by atoms with Crippen LogP contribution >= 0.6 is 34.5 Å². The summed E-state index contributed by atoms with van der Waals surface area (Å²) in [5, 5.41) is 21.1. The summed E-state index contributed by atoms with van der Waals surface area (Å²) in [6.07, 6.45) is 4.62. The van der Waals surface area contributed by atoms with Crippen LogP contribution < -0.4 is 20.7 Å². The van der Waals surface area contributed by atoms with Crippen molar-refractivity contribution in [2.75, 3.05) is 25.5 Å². The number of hydrogen-bond donors (Lipinski definition) is 4. The number of hydrogen-bond acceptors (Lipinski definition) is 10. The number of carboxylic acid groups (broad SMARTS) is 1. The van der Waals surface area contributed by atoms with Gasteiger partial charge in [-0.25, -0.2) is 15.0 Å². The third-order valence-electron chi connectivity index (χ3n) is 9.08. The van der Waals surface area contributed by atoms with E-state index in [1.807, 2.05) is 59.5 Å². The van der Waals surface area contributed by atoms with E-state index < -0.39 is 12.0 Å². The normalized spacial score (nSPS) is 17.7. The van der Waals surface area contributed by atoms with Gasteiger partial charge in [-0.1, -0.05) is 59.6 Å². The number of carboxylic acids is 1. The van der Waals surface area contributed by atoms with E-state index in [1.54, 1.807) is 13.3 Å². The minimum Gasteiger partial charge on any atom is -0.481 e. The van der Waals surface area contributed by atoms with Crippen molar-refractivity contribution in [1.29, 1.82) is 0 Å². The van der Waals surface area contributed by atoms with Gasteiger partial charge in [0.2, 0.25) is 11.8 Å². The van der Waals surface area contributed by atoms with Crippen molar-refractivity contribution in [1.82, 2.24) is 30.5 Å². The zero-order chi connectivity index (χ0) is 34.8. The number of aliphatic carboxylic acids is 1. The van der Waals surface area contributed by atoms with Gasteiger partial charge in [0.15, 0.2) is 5.82 Å². The van der Waals surface area contributed by atoms with Crippen LogP contribution in [0.4, 0.5) is 11.5 Å². The maximum atomic E-state index is 11.7. The molecule has 11 nitrogen and oxygen atoms in total. The largest absolute Gasteiger partial charge is 0.481 e. The van der Waals surface area contributed by atoms with Crippen molar-refractivity contribution in [2.24, 2.45) is 0 Å². The highest BCUT2D eigenvalue weighted by molar-refractivity contribution is 7.18. The molecule has 2 fully saturated rings. The minimum atomic E-state index is -0.793. The van der Waals surface area contributed by atoms with Crippen molar-refractivity contribution in [3.05, 3.63) is 81.4 Å². The summed E-state index contributed by atoms with van der Waals surface area (Å²) >= 11 is 15.7. The summed E-state index contributed by atoms with van der Waals surface area (Å²) in [6, 6.07) is 16.9. The van der Waals surface area contributed by atoms with Gasteiger partial charge in [-0.2, -0.15) is 0 Å². The van der Waals surface area contributed by atoms with Crippen LogP contribution in [-0.4, -0.2) is 69.1 Å². The van der Waals surface area contributed by atoms with Gasteiger partial charge in [-0.05, 0) is 44.0 Å². The molecule has 0 spiro atoms. The van der Waals surface area contributed by atoms with E-state index in [1.165, 1.54) is 11.3 Å². The molecule has 0 unspecified atom stereocenters. The lowest BCUT2D eigenvalue weighted by Gasteiger charge is -2.19. The predicted octanol–water partition coefficient (Wildman–Crippen LogP) is 6.90. The number of fused-ring (bicyclic) bond motifs is 1. The number of benzene rings is 2. The fourth-order valence-electron chi connectivity index (χ4n) is 6.57. The summed E-state index contributed by atoms with van der Waals surface area (Å²) in [5.41, 5.74) is 5.09. The van der Waals surface area contributed by atoms with E-state index in [0.29, 0.717) is 71.1 Å². The number of halogens is 2. The number of nitrogens with zero attached hydrogens (tertiary/aromatic N) is 4. The Kier molecular flexibility index (Phi) is 10.2. The fourth-order valence-corrected chi connectivity index (χ4v) is 8.16. The summed E-state index contributed by atoms with van der Waals surface area (Å²) in [7, 11) is 1.59. The quantitative estimate of drug-likeness (QED) is 0.107. The van der Waals surface area contributed by atoms with Crippen LogP contribution in [0.5, 0.6) is 5.88 Å². The first-order valence-corrected chi connectivity index (χ1v) is 18.0. The van der Waals surface area contributed by atoms with Gasteiger partial charge in [0.25, 0.3) is 0 Å². The van der Waals surface area contributed by atoms with Crippen LogP contribution in [0.1, 0.15) is 36.3 Å². The van der Waals surface area contributed by atoms with Gasteiger partial charge in [0, 0.05) is 54.0 Å². The highest BCUT2D eigenvalue weighted by Crippen LogP contribution is 2.42. The lowest BCUT2D eigenvalue weighted by Crippen LogP contribution is -2.35. The zero-order valence-corrected chi connectivity index (χ0v) is 29.5. The number of thiazole rings is 1. The molecule has 5 aromatic rings. The Morgan fingerprint density at radius 2 is 1.86 bits per heavy atom. The van der Waals surface area contributed by atoms with E-state index in [4.69, 9.17) is 37.9 Å². The van der Waals surface area contributed by atoms with E-state index in [0.717, 1.165) is 51.3 Å². The molecule has 7 rings (SSSR count). The number of nitrogens with one attached hydrogen (secondary N) is 3. The number of amides is 1. The number of likely N-dealkylation sites (tertiary alicyclic amines) is 1. The summed E-state index contributed by atoms with van der Waals surface area (Å²) in [4.78, 5) is 39.4. The maximum absolute atomic E-state index is 11.7. The highest BCUT2D eigenvalue weighted by atomic mass is 35.5. The number of rotatable bonds is 12. The number of anilines is 2. The van der Waals surface area contributed by atoms with Gasteiger partial charge in [0.1, 0.15) is 16.6 Å². The number of ether oxygens (including phenoxy) is 1. The van der Waals surface area contributed by atoms with Crippen molar-refractivity contribution >= 4 is 68.1 Å². The fraction of sp³-hybridized carbons (Fsp3) is 0.306. The predicted molar refractivity (Wildman–Crippen MR) is 196 cm³/mol. The summed E-state index contributed by atoms with van der Waals surface area (Å²) < 4.78 is 6.59. The molecular formula is C36H35Cl2N7O4S. The van der Waals surface area contributed by atoms with Crippen LogP contribution in [0, 0.1) is 0 Å². The molecule has 258 valence electrons. The van der Waals surface area contributed by atoms with Gasteiger partial charge < -0.3 is 25.8 Å². The van der Waals surface area contributed by atoms with Crippen LogP contribution in [0.2, 0.25) is 10.0 Å². The lowest BCUT2D eigenvalue weighted by atomic mass is 10.00. The molecule has 5 heterocycles. The van der Waals surface area contributed by atoms with Crippen molar-refractivity contribution in [2.45, 2.75) is 50.9 Å². The summed E-state index contributed by atoms with van der Waals surface area (Å²) in [5.74, 6) is 0.346. The molecule has 0 radical (unpaired) electrons. The molecule has 2 aliphatic heterocycles. The average Bonchev–Trinajstić information content (AvgIpc) is 3.86. The number of methoxy groups -OCH3 is 1. The third kappa shape index (κ3) is 7.12. The topological polar surface area (TPSA) is 142 Å². The second-order valence-electron chi connectivity index (χ2n) is 12.3. The lowest BCUT2D eigenvalue weighted by molar-refractivity contribution is -0.142. The average molecular weight is 733 g/mol. The Balaban J connectivity index is 1.11. The van der Waals surface area contributed by atoms with E-state index >= 15 is 0 Å². The highest BCUT2D eigenvalue weighted by Gasteiger charge is 2.31. The molecule has 50 heavy (non-hydrogen) atoms. The van der Waals surface area contributed by atoms with Gasteiger partial charge in [-0.15, -0.1) is 11.3 Å². The van der Waals surface area contributed by atoms with Crippen LogP contribution in [0.3, 0.4) is 0 Å². The van der Waals surface area contributed by atoms with E-state index in [2.05, 4.69) is 20.9 Å². The Morgan fingerprint density at radius 1 is 1.06 bits per heavy atom. The standard InChI is InChI=1S/C36H35Cl2N7O4S/c1-49-35-20(17-39-18-21-11-13-29(46)41-21)10-12-25(43-35)24-7-2-5-22(31(24)37)23-6-3-8-26(32(23)38)42-34-33-28(14-15-40-34)50-30(44-33)19-45-16-4-9-27(45)36(47)48/h2-3,5-8,10,12,14-15,21,27,39H,4,9,11,13,16-19H2,1H3,(H,40,42)(H,41,46)(H,47,48)/t21-,27+/m0/s1. The molecule has 4 N–H and O–H groups in total. The maximum Gasteiger partial charge on any atom is 0.320 e. The van der Waals surface area contributed by atoms with Crippen LogP contribution in [0.25, 0.3) is 32.6 Å². The van der Waals surface area contributed by atoms with Gasteiger partial charge in [-0.3, -0.25) is 14.5 Å². The third-order valence-corrected chi connectivity index (χ3v) is 10.9. The molecule has 0 aliphatic carbocycles.